The Morgan fingerprint density at radius 1 is 1.23 bits per heavy atom. The predicted octanol–water partition coefficient (Wildman–Crippen LogP) is 3.67. The highest BCUT2D eigenvalue weighted by molar-refractivity contribution is 7.88. The Kier molecular flexibility index (Phi) is 6.05. The molecule has 1 saturated carbocycles. The van der Waals surface area contributed by atoms with Crippen molar-refractivity contribution in [3.63, 3.8) is 0 Å². The van der Waals surface area contributed by atoms with E-state index in [9.17, 15) is 18.3 Å². The molecule has 0 spiro atoms. The Labute approximate surface area is 184 Å². The second-order valence-corrected chi connectivity index (χ2v) is 11.5. The number of ether oxygens (including phenoxy) is 1. The van der Waals surface area contributed by atoms with E-state index >= 15 is 0 Å². The summed E-state index contributed by atoms with van der Waals surface area (Å²) in [6, 6.07) is 8.08. The van der Waals surface area contributed by atoms with Gasteiger partial charge in [-0.25, -0.2) is 13.2 Å². The van der Waals surface area contributed by atoms with Gasteiger partial charge in [0.1, 0.15) is 5.75 Å². The van der Waals surface area contributed by atoms with Gasteiger partial charge in [0, 0.05) is 25.7 Å². The summed E-state index contributed by atoms with van der Waals surface area (Å²) in [7, 11) is -3.14. The Morgan fingerprint density at radius 2 is 1.94 bits per heavy atom. The van der Waals surface area contributed by atoms with E-state index in [0.717, 1.165) is 42.6 Å². The number of nitrogens with zero attached hydrogens (tertiary/aromatic N) is 2. The maximum atomic E-state index is 11.7. The molecule has 4 rings (SSSR count). The van der Waals surface area contributed by atoms with Crippen molar-refractivity contribution in [2.24, 2.45) is 11.3 Å². The Morgan fingerprint density at radius 3 is 2.48 bits per heavy atom. The number of hydrogen-bond acceptors (Lipinski definition) is 4. The van der Waals surface area contributed by atoms with Gasteiger partial charge in [-0.1, -0.05) is 25.1 Å². The van der Waals surface area contributed by atoms with Crippen LogP contribution < -0.4 is 4.74 Å². The van der Waals surface area contributed by atoms with Gasteiger partial charge in [0.05, 0.1) is 12.9 Å². The van der Waals surface area contributed by atoms with E-state index in [4.69, 9.17) is 4.74 Å². The topological polar surface area (TPSA) is 87.2 Å². The molecule has 2 heterocycles. The molecule has 7 nitrogen and oxygen atoms in total. The molecule has 2 fully saturated rings. The molecule has 1 amide bonds. The molecule has 2 unspecified atom stereocenters. The lowest BCUT2D eigenvalue weighted by Gasteiger charge is -2.41. The first-order chi connectivity index (χ1) is 14.7. The number of likely N-dealkylation sites (tertiary alicyclic amines) is 1. The average molecular weight is 449 g/mol. The van der Waals surface area contributed by atoms with Gasteiger partial charge in [0.2, 0.25) is 10.0 Å². The van der Waals surface area contributed by atoms with E-state index in [1.165, 1.54) is 10.6 Å². The van der Waals surface area contributed by atoms with Crippen LogP contribution in [0.2, 0.25) is 0 Å². The zero-order chi connectivity index (χ0) is 22.2. The van der Waals surface area contributed by atoms with E-state index in [2.05, 4.69) is 6.92 Å². The lowest BCUT2D eigenvalue weighted by atomic mass is 9.83. The van der Waals surface area contributed by atoms with Gasteiger partial charge in [-0.05, 0) is 66.7 Å². The van der Waals surface area contributed by atoms with Crippen molar-refractivity contribution in [1.82, 2.24) is 9.21 Å². The first kappa shape index (κ1) is 22.1. The smallest absolute Gasteiger partial charge is 0.407 e. The third-order valence-electron chi connectivity index (χ3n) is 7.15. The lowest BCUT2D eigenvalue weighted by Crippen LogP contribution is -2.50. The van der Waals surface area contributed by atoms with E-state index < -0.39 is 16.1 Å². The minimum absolute atomic E-state index is 0.0967. The minimum Gasteiger partial charge on any atom is -0.493 e. The van der Waals surface area contributed by atoms with Crippen molar-refractivity contribution in [1.29, 1.82) is 0 Å². The molecule has 170 valence electrons. The van der Waals surface area contributed by atoms with Crippen LogP contribution in [0.3, 0.4) is 0 Å². The summed E-state index contributed by atoms with van der Waals surface area (Å²) in [5.74, 6) is 1.17. The zero-order valence-corrected chi connectivity index (χ0v) is 19.1. The molecule has 2 atom stereocenters. The van der Waals surface area contributed by atoms with Crippen molar-refractivity contribution in [2.45, 2.75) is 45.1 Å². The highest BCUT2D eigenvalue weighted by Gasteiger charge is 2.50. The van der Waals surface area contributed by atoms with Crippen molar-refractivity contribution >= 4 is 21.7 Å². The second-order valence-electron chi connectivity index (χ2n) is 9.47. The molecule has 0 radical (unpaired) electrons. The van der Waals surface area contributed by atoms with Crippen LogP contribution in [0.25, 0.3) is 5.57 Å². The fourth-order valence-electron chi connectivity index (χ4n) is 4.80. The molecule has 1 N–H and O–H groups in total. The third kappa shape index (κ3) is 5.06. The summed E-state index contributed by atoms with van der Waals surface area (Å²) in [4.78, 5) is 13.3. The standard InChI is InChI=1S/C23H32N2O5S/c1-23(10-11-23)21-15-17(7-14-25(21)22(26)27)16-30-20-5-3-18(4-6-20)19-8-12-24(13-9-19)31(2,28)29/h3-6,8,17,21H,7,9-16H2,1-2H3,(H,26,27). The summed E-state index contributed by atoms with van der Waals surface area (Å²) in [6.45, 7) is 4.32. The minimum atomic E-state index is -3.14. The largest absolute Gasteiger partial charge is 0.493 e. The molecule has 8 heteroatoms. The first-order valence-electron chi connectivity index (χ1n) is 11.0. The van der Waals surface area contributed by atoms with Crippen LogP contribution in [0.15, 0.2) is 30.3 Å². The summed E-state index contributed by atoms with van der Waals surface area (Å²) in [5, 5.41) is 9.54. The van der Waals surface area contributed by atoms with Crippen LogP contribution in [0.1, 0.15) is 44.6 Å². The number of amides is 1. The second kappa shape index (κ2) is 8.47. The quantitative estimate of drug-likeness (QED) is 0.717. The van der Waals surface area contributed by atoms with Crippen LogP contribution in [0, 0.1) is 11.3 Å². The highest BCUT2D eigenvalue weighted by atomic mass is 32.2. The van der Waals surface area contributed by atoms with Gasteiger partial charge in [-0.3, -0.25) is 0 Å². The van der Waals surface area contributed by atoms with Crippen molar-refractivity contribution in [3.05, 3.63) is 35.9 Å². The number of rotatable bonds is 6. The monoisotopic (exact) mass is 448 g/mol. The van der Waals surface area contributed by atoms with Crippen LogP contribution in [0.4, 0.5) is 4.79 Å². The summed E-state index contributed by atoms with van der Waals surface area (Å²) >= 11 is 0. The number of hydrogen-bond donors (Lipinski definition) is 1. The Hall–Kier alpha value is -2.06. The molecule has 0 bridgehead atoms. The fraction of sp³-hybridized carbons (Fsp3) is 0.609. The van der Waals surface area contributed by atoms with Crippen LogP contribution in [-0.2, 0) is 10.0 Å². The van der Waals surface area contributed by atoms with Gasteiger partial charge in [0.15, 0.2) is 0 Å². The van der Waals surface area contributed by atoms with Gasteiger partial charge in [-0.2, -0.15) is 4.31 Å². The molecule has 2 aliphatic heterocycles. The van der Waals surface area contributed by atoms with Crippen molar-refractivity contribution in [3.8, 4) is 5.75 Å². The van der Waals surface area contributed by atoms with Gasteiger partial charge in [0.25, 0.3) is 0 Å². The maximum Gasteiger partial charge on any atom is 0.407 e. The molecule has 1 saturated heterocycles. The highest BCUT2D eigenvalue weighted by Crippen LogP contribution is 2.53. The molecule has 0 aromatic heterocycles. The molecule has 1 aromatic rings. The Balaban J connectivity index is 1.32. The molecule has 1 aliphatic carbocycles. The van der Waals surface area contributed by atoms with Gasteiger partial charge < -0.3 is 14.7 Å². The van der Waals surface area contributed by atoms with Gasteiger partial charge in [-0.15, -0.1) is 0 Å². The molecule has 3 aliphatic rings. The van der Waals surface area contributed by atoms with E-state index in [1.807, 2.05) is 30.3 Å². The maximum absolute atomic E-state index is 11.7. The third-order valence-corrected chi connectivity index (χ3v) is 8.42. The van der Waals surface area contributed by atoms with Crippen LogP contribution in [0.5, 0.6) is 5.75 Å². The van der Waals surface area contributed by atoms with Crippen LogP contribution in [-0.4, -0.2) is 67.4 Å². The van der Waals surface area contributed by atoms with E-state index in [-0.39, 0.29) is 11.5 Å². The molecular weight excluding hydrogens is 416 g/mol. The summed E-state index contributed by atoms with van der Waals surface area (Å²) < 4.78 is 30.8. The summed E-state index contributed by atoms with van der Waals surface area (Å²) in [5.41, 5.74) is 2.39. The zero-order valence-electron chi connectivity index (χ0n) is 18.3. The fourth-order valence-corrected chi connectivity index (χ4v) is 5.57. The normalized spacial score (nSPS) is 26.3. The summed E-state index contributed by atoms with van der Waals surface area (Å²) in [6.07, 6.45) is 7.04. The molecule has 31 heavy (non-hydrogen) atoms. The SMILES string of the molecule is CC1(C2CC(COc3ccc(C4=CCN(S(C)(=O)=O)CC4)cc3)CCN2C(=O)O)CC1. The van der Waals surface area contributed by atoms with Gasteiger partial charge >= 0.3 is 6.09 Å². The predicted molar refractivity (Wildman–Crippen MR) is 120 cm³/mol. The number of sulfonamides is 1. The molecular formula is C23H32N2O5S. The van der Waals surface area contributed by atoms with Crippen molar-refractivity contribution in [2.75, 3.05) is 32.5 Å². The number of carboxylic acid groups (broad SMARTS) is 1. The van der Waals surface area contributed by atoms with Crippen LogP contribution >= 0.6 is 0 Å². The van der Waals surface area contributed by atoms with E-state index in [0.29, 0.717) is 38.6 Å². The number of benzene rings is 1. The Bertz CT molecular complexity index is 953. The van der Waals surface area contributed by atoms with E-state index in [1.54, 1.807) is 4.90 Å². The first-order valence-corrected chi connectivity index (χ1v) is 12.9. The number of piperidine rings is 1. The van der Waals surface area contributed by atoms with Crippen molar-refractivity contribution < 1.29 is 23.1 Å². The lowest BCUT2D eigenvalue weighted by molar-refractivity contribution is 0.0489. The molecule has 1 aromatic carbocycles. The number of carbonyl (C=O) groups is 1. The average Bonchev–Trinajstić information content (AvgIpc) is 3.50.